The number of carbonyl (C=O) groups is 1. The standard InChI is InChI=1S/C16H15BrN2O4/c1-22-14-8-10(7-12(17)15(14)23-2)9-18-19-16(21)11-5-3-4-6-13(11)20/h3-9,20H,1-2H3,(H,19,21)/b18-9-. The minimum Gasteiger partial charge on any atom is -0.507 e. The maximum atomic E-state index is 11.9. The van der Waals surface area contributed by atoms with E-state index < -0.39 is 5.91 Å². The number of ether oxygens (including phenoxy) is 2. The molecule has 2 N–H and O–H groups in total. The van der Waals surface area contributed by atoms with Crippen LogP contribution in [0.5, 0.6) is 17.2 Å². The first kappa shape index (κ1) is 16.8. The van der Waals surface area contributed by atoms with Gasteiger partial charge in [-0.3, -0.25) is 4.79 Å². The van der Waals surface area contributed by atoms with Gasteiger partial charge in [0.1, 0.15) is 5.75 Å². The van der Waals surface area contributed by atoms with Crippen molar-refractivity contribution in [3.8, 4) is 17.2 Å². The SMILES string of the molecule is COc1cc(/C=N\NC(=O)c2ccccc2O)cc(Br)c1OC. The molecule has 23 heavy (non-hydrogen) atoms. The van der Waals surface area contributed by atoms with E-state index in [1.807, 2.05) is 0 Å². The van der Waals surface area contributed by atoms with Gasteiger partial charge in [-0.2, -0.15) is 5.10 Å². The topological polar surface area (TPSA) is 80.2 Å². The number of amides is 1. The van der Waals surface area contributed by atoms with Crippen molar-refractivity contribution >= 4 is 28.1 Å². The lowest BCUT2D eigenvalue weighted by Gasteiger charge is -2.10. The molecule has 6 nitrogen and oxygen atoms in total. The number of halogens is 1. The van der Waals surface area contributed by atoms with Gasteiger partial charge in [-0.05, 0) is 45.8 Å². The summed E-state index contributed by atoms with van der Waals surface area (Å²) in [6.07, 6.45) is 1.46. The van der Waals surface area contributed by atoms with E-state index in [0.717, 1.165) is 0 Å². The lowest BCUT2D eigenvalue weighted by atomic mass is 10.2. The highest BCUT2D eigenvalue weighted by Gasteiger charge is 2.10. The van der Waals surface area contributed by atoms with Crippen LogP contribution in [0, 0.1) is 0 Å². The van der Waals surface area contributed by atoms with Crippen molar-refractivity contribution in [3.05, 3.63) is 52.0 Å². The average molecular weight is 379 g/mol. The predicted molar refractivity (Wildman–Crippen MR) is 90.4 cm³/mol. The summed E-state index contributed by atoms with van der Waals surface area (Å²) in [7, 11) is 3.08. The van der Waals surface area contributed by atoms with Crippen molar-refractivity contribution < 1.29 is 19.4 Å². The number of aromatic hydroxyl groups is 1. The Labute approximate surface area is 141 Å². The van der Waals surface area contributed by atoms with Gasteiger partial charge in [0.25, 0.3) is 5.91 Å². The summed E-state index contributed by atoms with van der Waals surface area (Å²) >= 11 is 3.38. The molecule has 0 spiro atoms. The van der Waals surface area contributed by atoms with Gasteiger partial charge in [0.15, 0.2) is 11.5 Å². The molecule has 0 fully saturated rings. The third kappa shape index (κ3) is 4.01. The number of para-hydroxylation sites is 1. The highest BCUT2D eigenvalue weighted by Crippen LogP contribution is 2.35. The van der Waals surface area contributed by atoms with Crippen LogP contribution in [0.2, 0.25) is 0 Å². The Morgan fingerprint density at radius 3 is 2.65 bits per heavy atom. The van der Waals surface area contributed by atoms with E-state index in [0.29, 0.717) is 21.5 Å². The second-order valence-electron chi connectivity index (χ2n) is 4.45. The molecule has 1 amide bonds. The Morgan fingerprint density at radius 1 is 1.26 bits per heavy atom. The van der Waals surface area contributed by atoms with Gasteiger partial charge in [-0.15, -0.1) is 0 Å². The Morgan fingerprint density at radius 2 is 2.00 bits per heavy atom. The third-order valence-electron chi connectivity index (χ3n) is 2.98. The molecule has 0 heterocycles. The number of nitrogens with one attached hydrogen (secondary N) is 1. The number of hydrogen-bond acceptors (Lipinski definition) is 5. The van der Waals surface area contributed by atoms with Crippen molar-refractivity contribution in [2.45, 2.75) is 0 Å². The van der Waals surface area contributed by atoms with Crippen molar-refractivity contribution in [1.29, 1.82) is 0 Å². The fraction of sp³-hybridized carbons (Fsp3) is 0.125. The lowest BCUT2D eigenvalue weighted by molar-refractivity contribution is 0.0952. The molecule has 2 aromatic carbocycles. The molecule has 2 rings (SSSR count). The molecule has 0 aliphatic heterocycles. The van der Waals surface area contributed by atoms with E-state index in [9.17, 15) is 9.90 Å². The second kappa shape index (κ2) is 7.64. The number of hydrogen-bond donors (Lipinski definition) is 2. The first-order valence-corrected chi connectivity index (χ1v) is 7.39. The molecule has 0 saturated heterocycles. The molecule has 0 bridgehead atoms. The zero-order chi connectivity index (χ0) is 16.8. The third-order valence-corrected chi connectivity index (χ3v) is 3.57. The number of benzene rings is 2. The van der Waals surface area contributed by atoms with Crippen LogP contribution in [-0.2, 0) is 0 Å². The van der Waals surface area contributed by atoms with Gasteiger partial charge in [0, 0.05) is 0 Å². The summed E-state index contributed by atoms with van der Waals surface area (Å²) in [5.74, 6) is 0.506. The van der Waals surface area contributed by atoms with Crippen molar-refractivity contribution in [1.82, 2.24) is 5.43 Å². The van der Waals surface area contributed by atoms with Crippen LogP contribution in [0.1, 0.15) is 15.9 Å². The van der Waals surface area contributed by atoms with E-state index in [1.54, 1.807) is 31.4 Å². The Hall–Kier alpha value is -2.54. The van der Waals surface area contributed by atoms with Gasteiger partial charge in [0.2, 0.25) is 0 Å². The Bertz CT molecular complexity index is 747. The predicted octanol–water partition coefficient (Wildman–Crippen LogP) is 2.94. The number of phenolic OH excluding ortho intramolecular Hbond substituents is 1. The lowest BCUT2D eigenvalue weighted by Crippen LogP contribution is -2.17. The molecule has 7 heteroatoms. The molecule has 0 atom stereocenters. The fourth-order valence-corrected chi connectivity index (χ4v) is 2.53. The Balaban J connectivity index is 2.13. The summed E-state index contributed by atoms with van der Waals surface area (Å²) in [5, 5.41) is 13.5. The smallest absolute Gasteiger partial charge is 0.275 e. The largest absolute Gasteiger partial charge is 0.507 e. The monoisotopic (exact) mass is 378 g/mol. The molecule has 120 valence electrons. The van der Waals surface area contributed by atoms with Crippen molar-refractivity contribution in [2.75, 3.05) is 14.2 Å². The van der Waals surface area contributed by atoms with Crippen LogP contribution in [-0.4, -0.2) is 31.4 Å². The summed E-state index contributed by atoms with van der Waals surface area (Å²) in [6, 6.07) is 9.73. The number of methoxy groups -OCH3 is 2. The molecule has 0 aliphatic carbocycles. The molecule has 0 unspecified atom stereocenters. The van der Waals surface area contributed by atoms with Gasteiger partial charge in [0.05, 0.1) is 30.5 Å². The highest BCUT2D eigenvalue weighted by atomic mass is 79.9. The number of nitrogens with zero attached hydrogens (tertiary/aromatic N) is 1. The average Bonchev–Trinajstić information content (AvgIpc) is 2.54. The number of phenols is 1. The van der Waals surface area contributed by atoms with Gasteiger partial charge >= 0.3 is 0 Å². The van der Waals surface area contributed by atoms with E-state index in [-0.39, 0.29) is 11.3 Å². The quantitative estimate of drug-likeness (QED) is 0.619. The highest BCUT2D eigenvalue weighted by molar-refractivity contribution is 9.10. The minimum absolute atomic E-state index is 0.103. The van der Waals surface area contributed by atoms with Crippen LogP contribution in [0.3, 0.4) is 0 Å². The van der Waals surface area contributed by atoms with Crippen LogP contribution in [0.15, 0.2) is 46.0 Å². The number of hydrazone groups is 1. The van der Waals surface area contributed by atoms with Crippen LogP contribution in [0.25, 0.3) is 0 Å². The maximum absolute atomic E-state index is 11.9. The van der Waals surface area contributed by atoms with Crippen LogP contribution >= 0.6 is 15.9 Å². The molecular weight excluding hydrogens is 364 g/mol. The van der Waals surface area contributed by atoms with Gasteiger partial charge in [-0.25, -0.2) is 5.43 Å². The summed E-state index contributed by atoms with van der Waals surface area (Å²) < 4.78 is 11.2. The second-order valence-corrected chi connectivity index (χ2v) is 5.31. The van der Waals surface area contributed by atoms with Crippen molar-refractivity contribution in [3.63, 3.8) is 0 Å². The maximum Gasteiger partial charge on any atom is 0.275 e. The van der Waals surface area contributed by atoms with Crippen LogP contribution < -0.4 is 14.9 Å². The molecule has 0 aliphatic rings. The molecule has 0 saturated carbocycles. The number of rotatable bonds is 5. The molecular formula is C16H15BrN2O4. The zero-order valence-corrected chi connectivity index (χ0v) is 14.1. The zero-order valence-electron chi connectivity index (χ0n) is 12.5. The summed E-state index contributed by atoms with van der Waals surface area (Å²) in [4.78, 5) is 11.9. The fourth-order valence-electron chi connectivity index (χ4n) is 1.90. The van der Waals surface area contributed by atoms with Crippen LogP contribution in [0.4, 0.5) is 0 Å². The number of carbonyl (C=O) groups excluding carboxylic acids is 1. The summed E-state index contributed by atoms with van der Waals surface area (Å²) in [5.41, 5.74) is 3.21. The molecule has 0 aromatic heterocycles. The van der Waals surface area contributed by atoms with Gasteiger partial charge in [-0.1, -0.05) is 12.1 Å². The van der Waals surface area contributed by atoms with Gasteiger partial charge < -0.3 is 14.6 Å². The first-order valence-electron chi connectivity index (χ1n) is 6.59. The van der Waals surface area contributed by atoms with E-state index in [2.05, 4.69) is 26.5 Å². The first-order chi connectivity index (χ1) is 11.1. The van der Waals surface area contributed by atoms with E-state index >= 15 is 0 Å². The summed E-state index contributed by atoms with van der Waals surface area (Å²) in [6.45, 7) is 0. The molecule has 2 aromatic rings. The van der Waals surface area contributed by atoms with E-state index in [1.165, 1.54) is 25.5 Å². The minimum atomic E-state index is -0.501. The van der Waals surface area contributed by atoms with Crippen molar-refractivity contribution in [2.24, 2.45) is 5.10 Å². The van der Waals surface area contributed by atoms with E-state index in [4.69, 9.17) is 9.47 Å². The molecule has 0 radical (unpaired) electrons. The normalized spacial score (nSPS) is 10.6. The Kier molecular flexibility index (Phi) is 5.59.